The third-order valence-electron chi connectivity index (χ3n) is 4.02. The number of carbonyl (C=O) groups excluding carboxylic acids is 2. The zero-order valence-corrected chi connectivity index (χ0v) is 16.5. The second-order valence-corrected chi connectivity index (χ2v) is 8.13. The fourth-order valence-electron chi connectivity index (χ4n) is 2.34. The molecule has 0 atom stereocenters. The maximum Gasteiger partial charge on any atom is 0.287 e. The van der Waals surface area contributed by atoms with Gasteiger partial charge in [-0.3, -0.25) is 14.9 Å². The topological polar surface area (TPSA) is 128 Å². The summed E-state index contributed by atoms with van der Waals surface area (Å²) in [5.74, 6) is 0.977. The Morgan fingerprint density at radius 2 is 2.18 bits per heavy atom. The molecule has 1 saturated carbocycles. The maximum absolute atomic E-state index is 12.1. The van der Waals surface area contributed by atoms with Crippen LogP contribution >= 0.6 is 23.1 Å². The van der Waals surface area contributed by atoms with Crippen molar-refractivity contribution in [1.82, 2.24) is 30.3 Å². The Morgan fingerprint density at radius 1 is 1.32 bits per heavy atom. The van der Waals surface area contributed by atoms with E-state index in [1.165, 1.54) is 29.4 Å². The fourth-order valence-corrected chi connectivity index (χ4v) is 4.00. The Bertz CT molecular complexity index is 978. The second kappa shape index (κ2) is 8.10. The van der Waals surface area contributed by atoms with E-state index in [2.05, 4.69) is 31.0 Å². The number of rotatable bonds is 8. The van der Waals surface area contributed by atoms with E-state index in [4.69, 9.17) is 4.42 Å². The highest BCUT2D eigenvalue weighted by Crippen LogP contribution is 2.42. The zero-order valence-electron chi connectivity index (χ0n) is 14.9. The van der Waals surface area contributed by atoms with Crippen LogP contribution in [0.2, 0.25) is 0 Å². The van der Waals surface area contributed by atoms with Gasteiger partial charge in [-0.2, -0.15) is 0 Å². The van der Waals surface area contributed by atoms with E-state index >= 15 is 0 Å². The normalized spacial score (nSPS) is 13.5. The van der Waals surface area contributed by atoms with E-state index in [0.29, 0.717) is 22.0 Å². The van der Waals surface area contributed by atoms with Crippen molar-refractivity contribution in [2.75, 3.05) is 11.1 Å². The quantitative estimate of drug-likeness (QED) is 0.529. The third kappa shape index (κ3) is 4.39. The molecule has 12 heteroatoms. The summed E-state index contributed by atoms with van der Waals surface area (Å²) in [6.45, 7) is 0.199. The van der Waals surface area contributed by atoms with Crippen LogP contribution in [0.3, 0.4) is 0 Å². The molecule has 0 bridgehead atoms. The highest BCUT2D eigenvalue weighted by Gasteiger charge is 2.27. The summed E-state index contributed by atoms with van der Waals surface area (Å²) in [7, 11) is 1.78. The molecule has 0 spiro atoms. The predicted molar refractivity (Wildman–Crippen MR) is 102 cm³/mol. The van der Waals surface area contributed by atoms with Gasteiger partial charge in [0, 0.05) is 13.0 Å². The third-order valence-corrected chi connectivity index (χ3v) is 6.04. The number of nitrogens with one attached hydrogen (secondary N) is 2. The molecule has 0 radical (unpaired) electrons. The summed E-state index contributed by atoms with van der Waals surface area (Å²) in [6.07, 6.45) is 3.73. The second-order valence-electron chi connectivity index (χ2n) is 6.17. The van der Waals surface area contributed by atoms with Crippen molar-refractivity contribution in [1.29, 1.82) is 0 Å². The van der Waals surface area contributed by atoms with Crippen LogP contribution in [0.4, 0.5) is 5.13 Å². The highest BCUT2D eigenvalue weighted by molar-refractivity contribution is 7.99. The monoisotopic (exact) mass is 419 g/mol. The zero-order chi connectivity index (χ0) is 19.5. The number of thioether (sulfide) groups is 1. The molecule has 146 valence electrons. The van der Waals surface area contributed by atoms with Crippen molar-refractivity contribution in [3.8, 4) is 0 Å². The summed E-state index contributed by atoms with van der Waals surface area (Å²) < 4.78 is 6.77. The number of furan rings is 1. The van der Waals surface area contributed by atoms with Gasteiger partial charge in [-0.15, -0.1) is 20.4 Å². The van der Waals surface area contributed by atoms with Crippen molar-refractivity contribution in [3.63, 3.8) is 0 Å². The van der Waals surface area contributed by atoms with Crippen LogP contribution in [0.25, 0.3) is 0 Å². The first-order chi connectivity index (χ1) is 13.6. The van der Waals surface area contributed by atoms with Crippen molar-refractivity contribution >= 4 is 40.0 Å². The molecule has 1 fully saturated rings. The number of nitrogens with zero attached hydrogens (tertiary/aromatic N) is 5. The Balaban J connectivity index is 1.26. The molecule has 2 N–H and O–H groups in total. The van der Waals surface area contributed by atoms with E-state index in [1.807, 2.05) is 0 Å². The van der Waals surface area contributed by atoms with E-state index < -0.39 is 0 Å². The van der Waals surface area contributed by atoms with Crippen molar-refractivity contribution < 1.29 is 14.0 Å². The van der Waals surface area contributed by atoms with Gasteiger partial charge in [0.2, 0.25) is 11.0 Å². The molecule has 1 aliphatic rings. The molecule has 2 amide bonds. The van der Waals surface area contributed by atoms with Crippen LogP contribution in [-0.2, 0) is 18.4 Å². The van der Waals surface area contributed by atoms with Crippen LogP contribution in [0.5, 0.6) is 0 Å². The summed E-state index contributed by atoms with van der Waals surface area (Å²) in [5.41, 5.74) is 0. The van der Waals surface area contributed by atoms with Gasteiger partial charge in [0.25, 0.3) is 5.91 Å². The van der Waals surface area contributed by atoms with Gasteiger partial charge in [0.15, 0.2) is 16.7 Å². The number of carbonyl (C=O) groups is 2. The molecule has 3 aromatic heterocycles. The van der Waals surface area contributed by atoms with Gasteiger partial charge in [-0.05, 0) is 25.0 Å². The minimum atomic E-state index is -0.329. The highest BCUT2D eigenvalue weighted by atomic mass is 32.2. The Labute approximate surface area is 168 Å². The molecular formula is C16H17N7O3S2. The van der Waals surface area contributed by atoms with Gasteiger partial charge in [0.05, 0.1) is 18.6 Å². The van der Waals surface area contributed by atoms with Gasteiger partial charge in [-0.1, -0.05) is 23.1 Å². The summed E-state index contributed by atoms with van der Waals surface area (Å²) >= 11 is 2.68. The minimum Gasteiger partial charge on any atom is -0.459 e. The van der Waals surface area contributed by atoms with E-state index in [1.54, 1.807) is 23.7 Å². The van der Waals surface area contributed by atoms with E-state index in [0.717, 1.165) is 17.8 Å². The number of hydrogen-bond donors (Lipinski definition) is 2. The van der Waals surface area contributed by atoms with Crippen LogP contribution < -0.4 is 10.6 Å². The summed E-state index contributed by atoms with van der Waals surface area (Å²) in [5, 5.41) is 23.8. The van der Waals surface area contributed by atoms with Gasteiger partial charge in [-0.25, -0.2) is 0 Å². The van der Waals surface area contributed by atoms with Crippen LogP contribution in [0.15, 0.2) is 28.0 Å². The lowest BCUT2D eigenvalue weighted by Gasteiger charge is -2.05. The lowest BCUT2D eigenvalue weighted by atomic mass is 10.4. The number of anilines is 1. The molecule has 1 aliphatic carbocycles. The van der Waals surface area contributed by atoms with Crippen molar-refractivity contribution in [2.24, 2.45) is 7.05 Å². The van der Waals surface area contributed by atoms with E-state index in [9.17, 15) is 9.59 Å². The average molecular weight is 419 g/mol. The maximum atomic E-state index is 12.1. The largest absolute Gasteiger partial charge is 0.459 e. The fraction of sp³-hybridized carbons (Fsp3) is 0.375. The molecule has 0 aliphatic heterocycles. The van der Waals surface area contributed by atoms with Gasteiger partial charge in [0.1, 0.15) is 5.01 Å². The van der Waals surface area contributed by atoms with Crippen molar-refractivity contribution in [2.45, 2.75) is 30.5 Å². The molecule has 3 aromatic rings. The molecule has 28 heavy (non-hydrogen) atoms. The first-order valence-electron chi connectivity index (χ1n) is 8.56. The van der Waals surface area contributed by atoms with Crippen LogP contribution in [0, 0.1) is 0 Å². The molecule has 0 saturated heterocycles. The molecular weight excluding hydrogens is 402 g/mol. The molecule has 0 aromatic carbocycles. The Morgan fingerprint density at radius 3 is 2.93 bits per heavy atom. The average Bonchev–Trinajstić information content (AvgIpc) is 3.08. The van der Waals surface area contributed by atoms with Crippen LogP contribution in [0.1, 0.15) is 40.1 Å². The first-order valence-corrected chi connectivity index (χ1v) is 10.4. The standard InChI is InChI=1S/C16H17N7O3S2/c1-23-11(7-17-13(25)10-3-2-6-26-10)19-22-16(23)27-8-12(24)18-15-21-20-14(28-15)9-4-5-9/h2-3,6,9H,4-5,7-8H2,1H3,(H,17,25)(H,18,21,24). The Kier molecular flexibility index (Phi) is 5.39. The Hall–Kier alpha value is -2.73. The van der Waals surface area contributed by atoms with Gasteiger partial charge >= 0.3 is 0 Å². The molecule has 4 rings (SSSR count). The van der Waals surface area contributed by atoms with E-state index in [-0.39, 0.29) is 29.9 Å². The lowest BCUT2D eigenvalue weighted by molar-refractivity contribution is -0.113. The summed E-state index contributed by atoms with van der Waals surface area (Å²) in [4.78, 5) is 24.0. The number of amides is 2. The summed E-state index contributed by atoms with van der Waals surface area (Å²) in [6, 6.07) is 3.23. The number of aromatic nitrogens is 5. The minimum absolute atomic E-state index is 0.170. The smallest absolute Gasteiger partial charge is 0.287 e. The molecule has 0 unspecified atom stereocenters. The molecule has 3 heterocycles. The van der Waals surface area contributed by atoms with Gasteiger partial charge < -0.3 is 14.3 Å². The first kappa shape index (κ1) is 18.6. The lowest BCUT2D eigenvalue weighted by Crippen LogP contribution is -2.24. The predicted octanol–water partition coefficient (Wildman–Crippen LogP) is 1.80. The number of hydrogen-bond acceptors (Lipinski definition) is 9. The molecule has 10 nitrogen and oxygen atoms in total. The van der Waals surface area contributed by atoms with Crippen molar-refractivity contribution in [3.05, 3.63) is 35.0 Å². The SMILES string of the molecule is Cn1c(CNC(=O)c2ccco2)nnc1SCC(=O)Nc1nnc(C2CC2)s1. The van der Waals surface area contributed by atoms with Crippen LogP contribution in [-0.4, -0.2) is 42.5 Å².